The van der Waals surface area contributed by atoms with Gasteiger partial charge in [0.25, 0.3) is 0 Å². The minimum Gasteiger partial charge on any atom is -0.465 e. The number of methoxy groups -OCH3 is 1. The van der Waals surface area contributed by atoms with Crippen LogP contribution in [0.3, 0.4) is 0 Å². The molecular formula is C13H16N2O2. The van der Waals surface area contributed by atoms with E-state index in [1.54, 1.807) is 12.1 Å². The number of esters is 1. The molecule has 0 aromatic heterocycles. The van der Waals surface area contributed by atoms with Gasteiger partial charge in [0.05, 0.1) is 30.3 Å². The molecule has 0 saturated heterocycles. The second kappa shape index (κ2) is 5.90. The molecule has 4 nitrogen and oxygen atoms in total. The number of carbonyl (C=O) groups is 1. The first-order valence-corrected chi connectivity index (χ1v) is 5.38. The van der Waals surface area contributed by atoms with Gasteiger partial charge >= 0.3 is 5.97 Å². The van der Waals surface area contributed by atoms with E-state index in [9.17, 15) is 4.79 Å². The predicted molar refractivity (Wildman–Crippen MR) is 65.8 cm³/mol. The SMILES string of the molecule is COC(=O)c1ccccc1N(C)CC(C)C#N. The van der Waals surface area contributed by atoms with E-state index in [-0.39, 0.29) is 11.9 Å². The smallest absolute Gasteiger partial charge is 0.339 e. The number of anilines is 1. The van der Waals surface area contributed by atoms with Gasteiger partial charge in [-0.25, -0.2) is 4.79 Å². The lowest BCUT2D eigenvalue weighted by atomic mass is 10.1. The maximum atomic E-state index is 11.6. The van der Waals surface area contributed by atoms with Crippen molar-refractivity contribution >= 4 is 11.7 Å². The molecule has 4 heteroatoms. The molecule has 0 saturated carbocycles. The van der Waals surface area contributed by atoms with E-state index in [2.05, 4.69) is 6.07 Å². The van der Waals surface area contributed by atoms with Crippen molar-refractivity contribution in [2.75, 3.05) is 25.6 Å². The van der Waals surface area contributed by atoms with Crippen LogP contribution in [0.5, 0.6) is 0 Å². The number of nitrogens with zero attached hydrogens (tertiary/aromatic N) is 2. The van der Waals surface area contributed by atoms with Gasteiger partial charge in [0.1, 0.15) is 0 Å². The Kier molecular flexibility index (Phi) is 4.53. The topological polar surface area (TPSA) is 53.3 Å². The molecule has 0 aliphatic heterocycles. The van der Waals surface area contributed by atoms with Crippen LogP contribution in [0.4, 0.5) is 5.69 Å². The van der Waals surface area contributed by atoms with E-state index in [1.165, 1.54) is 7.11 Å². The molecule has 1 unspecified atom stereocenters. The lowest BCUT2D eigenvalue weighted by Crippen LogP contribution is -2.25. The van der Waals surface area contributed by atoms with Crippen molar-refractivity contribution in [3.05, 3.63) is 29.8 Å². The van der Waals surface area contributed by atoms with Crippen LogP contribution in [-0.4, -0.2) is 26.7 Å². The van der Waals surface area contributed by atoms with Gasteiger partial charge in [-0.1, -0.05) is 12.1 Å². The first-order chi connectivity index (χ1) is 8.10. The monoisotopic (exact) mass is 232 g/mol. The van der Waals surface area contributed by atoms with Gasteiger partial charge in [-0.05, 0) is 19.1 Å². The highest BCUT2D eigenvalue weighted by molar-refractivity contribution is 5.95. The van der Waals surface area contributed by atoms with E-state index in [1.807, 2.05) is 31.0 Å². The zero-order valence-electron chi connectivity index (χ0n) is 10.3. The number of rotatable bonds is 4. The zero-order chi connectivity index (χ0) is 12.8. The molecular weight excluding hydrogens is 216 g/mol. The van der Waals surface area contributed by atoms with Crippen molar-refractivity contribution in [1.29, 1.82) is 5.26 Å². The summed E-state index contributed by atoms with van der Waals surface area (Å²) >= 11 is 0. The van der Waals surface area contributed by atoms with Gasteiger partial charge in [-0.15, -0.1) is 0 Å². The lowest BCUT2D eigenvalue weighted by molar-refractivity contribution is 0.0601. The molecule has 90 valence electrons. The van der Waals surface area contributed by atoms with E-state index in [0.717, 1.165) is 5.69 Å². The molecule has 0 radical (unpaired) electrons. The molecule has 1 aromatic rings. The minimum atomic E-state index is -0.364. The summed E-state index contributed by atoms with van der Waals surface area (Å²) in [5.74, 6) is -0.456. The van der Waals surface area contributed by atoms with Crippen LogP contribution in [0.1, 0.15) is 17.3 Å². The normalized spacial score (nSPS) is 11.4. The zero-order valence-corrected chi connectivity index (χ0v) is 10.3. The van der Waals surface area contributed by atoms with Crippen molar-refractivity contribution in [2.24, 2.45) is 5.92 Å². The summed E-state index contributed by atoms with van der Waals surface area (Å²) in [5, 5.41) is 8.79. The Morgan fingerprint density at radius 1 is 1.53 bits per heavy atom. The molecule has 0 spiro atoms. The summed E-state index contributed by atoms with van der Waals surface area (Å²) in [6, 6.07) is 9.38. The number of ether oxygens (including phenoxy) is 1. The average Bonchev–Trinajstić information content (AvgIpc) is 2.37. The number of hydrogen-bond acceptors (Lipinski definition) is 4. The standard InChI is InChI=1S/C13H16N2O2/c1-10(8-14)9-15(2)12-7-5-4-6-11(12)13(16)17-3/h4-7,10H,9H2,1-3H3. The van der Waals surface area contributed by atoms with Gasteiger partial charge in [0, 0.05) is 13.6 Å². The van der Waals surface area contributed by atoms with Crippen LogP contribution in [0.25, 0.3) is 0 Å². The Morgan fingerprint density at radius 2 is 2.18 bits per heavy atom. The minimum absolute atomic E-state index is 0.0919. The Morgan fingerprint density at radius 3 is 2.76 bits per heavy atom. The van der Waals surface area contributed by atoms with Crippen molar-refractivity contribution in [3.63, 3.8) is 0 Å². The third kappa shape index (κ3) is 3.22. The molecule has 0 aliphatic carbocycles. The van der Waals surface area contributed by atoms with Crippen LogP contribution >= 0.6 is 0 Å². The number of hydrogen-bond donors (Lipinski definition) is 0. The highest BCUT2D eigenvalue weighted by Gasteiger charge is 2.15. The van der Waals surface area contributed by atoms with Crippen LogP contribution < -0.4 is 4.90 Å². The molecule has 1 rings (SSSR count). The summed E-state index contributed by atoms with van der Waals surface area (Å²) in [6.45, 7) is 2.42. The first-order valence-electron chi connectivity index (χ1n) is 5.38. The number of carbonyl (C=O) groups excluding carboxylic acids is 1. The molecule has 1 aromatic carbocycles. The third-order valence-electron chi connectivity index (χ3n) is 2.49. The highest BCUT2D eigenvalue weighted by Crippen LogP contribution is 2.20. The molecule has 0 bridgehead atoms. The lowest BCUT2D eigenvalue weighted by Gasteiger charge is -2.22. The van der Waals surface area contributed by atoms with E-state index in [0.29, 0.717) is 12.1 Å². The number of benzene rings is 1. The maximum Gasteiger partial charge on any atom is 0.339 e. The van der Waals surface area contributed by atoms with Crippen molar-refractivity contribution in [1.82, 2.24) is 0 Å². The molecule has 1 atom stereocenters. The summed E-state index contributed by atoms with van der Waals surface area (Å²) in [5.41, 5.74) is 1.30. The quantitative estimate of drug-likeness (QED) is 0.746. The summed E-state index contributed by atoms with van der Waals surface area (Å²) < 4.78 is 4.73. The third-order valence-corrected chi connectivity index (χ3v) is 2.49. The highest BCUT2D eigenvalue weighted by atomic mass is 16.5. The second-order valence-corrected chi connectivity index (χ2v) is 3.92. The molecule has 0 N–H and O–H groups in total. The van der Waals surface area contributed by atoms with E-state index < -0.39 is 0 Å². The van der Waals surface area contributed by atoms with Gasteiger partial charge in [-0.3, -0.25) is 0 Å². The fraction of sp³-hybridized carbons (Fsp3) is 0.385. The first kappa shape index (κ1) is 13.0. The van der Waals surface area contributed by atoms with E-state index in [4.69, 9.17) is 10.00 Å². The summed E-state index contributed by atoms with van der Waals surface area (Å²) in [4.78, 5) is 13.5. The molecule has 17 heavy (non-hydrogen) atoms. The largest absolute Gasteiger partial charge is 0.465 e. The van der Waals surface area contributed by atoms with Crippen LogP contribution in [0, 0.1) is 17.2 Å². The van der Waals surface area contributed by atoms with Crippen molar-refractivity contribution in [3.8, 4) is 6.07 Å². The Hall–Kier alpha value is -2.02. The summed E-state index contributed by atoms with van der Waals surface area (Å²) in [7, 11) is 3.21. The molecule has 0 amide bonds. The molecule has 0 aliphatic rings. The van der Waals surface area contributed by atoms with Crippen molar-refractivity contribution < 1.29 is 9.53 Å². The molecule has 0 heterocycles. The fourth-order valence-corrected chi connectivity index (χ4v) is 1.64. The fourth-order valence-electron chi connectivity index (χ4n) is 1.64. The van der Waals surface area contributed by atoms with Gasteiger partial charge in [0.15, 0.2) is 0 Å². The summed E-state index contributed by atoms with van der Waals surface area (Å²) in [6.07, 6.45) is 0. The molecule has 0 fully saturated rings. The van der Waals surface area contributed by atoms with Gasteiger partial charge in [0.2, 0.25) is 0 Å². The Balaban J connectivity index is 2.97. The Labute approximate surface area is 101 Å². The average molecular weight is 232 g/mol. The van der Waals surface area contributed by atoms with Crippen LogP contribution in [0.15, 0.2) is 24.3 Å². The van der Waals surface area contributed by atoms with Gasteiger partial charge in [-0.2, -0.15) is 5.26 Å². The maximum absolute atomic E-state index is 11.6. The van der Waals surface area contributed by atoms with Gasteiger partial charge < -0.3 is 9.64 Å². The van der Waals surface area contributed by atoms with Crippen molar-refractivity contribution in [2.45, 2.75) is 6.92 Å². The second-order valence-electron chi connectivity index (χ2n) is 3.92. The van der Waals surface area contributed by atoms with E-state index >= 15 is 0 Å². The Bertz CT molecular complexity index is 437. The number of nitriles is 1. The van der Waals surface area contributed by atoms with Crippen LogP contribution in [-0.2, 0) is 4.74 Å². The number of para-hydroxylation sites is 1. The predicted octanol–water partition coefficient (Wildman–Crippen LogP) is 2.07. The van der Waals surface area contributed by atoms with Crippen LogP contribution in [0.2, 0.25) is 0 Å².